The van der Waals surface area contributed by atoms with Crippen molar-refractivity contribution in [2.45, 2.75) is 38.2 Å². The van der Waals surface area contributed by atoms with Crippen molar-refractivity contribution >= 4 is 22.1 Å². The molecule has 0 unspecified atom stereocenters. The minimum atomic E-state index is -3.92. The van der Waals surface area contributed by atoms with Crippen LogP contribution in [0.4, 0.5) is 0 Å². The third-order valence-corrected chi connectivity index (χ3v) is 5.89. The molecule has 1 heterocycles. The van der Waals surface area contributed by atoms with E-state index in [0.29, 0.717) is 13.1 Å². The number of ether oxygens (including phenoxy) is 1. The quantitative estimate of drug-likeness (QED) is 0.784. The highest BCUT2D eigenvalue weighted by Crippen LogP contribution is 2.27. The smallest absolute Gasteiger partial charge is 0.335 e. The van der Waals surface area contributed by atoms with Crippen molar-refractivity contribution in [1.29, 1.82) is 0 Å². The van der Waals surface area contributed by atoms with Crippen LogP contribution in [-0.2, 0) is 10.2 Å². The van der Waals surface area contributed by atoms with Crippen LogP contribution in [-0.4, -0.2) is 48.9 Å². The summed E-state index contributed by atoms with van der Waals surface area (Å²) >= 11 is 0. The first-order valence-electron chi connectivity index (χ1n) is 8.22. The van der Waals surface area contributed by atoms with Crippen LogP contribution < -0.4 is 9.46 Å². The van der Waals surface area contributed by atoms with E-state index < -0.39 is 22.1 Å². The first kappa shape index (κ1) is 17.7. The van der Waals surface area contributed by atoms with Crippen LogP contribution in [0.1, 0.15) is 52.8 Å². The van der Waals surface area contributed by atoms with Gasteiger partial charge >= 0.3 is 16.2 Å². The average molecular weight is 368 g/mol. The first-order valence-corrected chi connectivity index (χ1v) is 9.66. The fourth-order valence-corrected chi connectivity index (χ4v) is 3.99. The summed E-state index contributed by atoms with van der Waals surface area (Å²) in [5, 5.41) is 9.21. The molecule has 2 aliphatic rings. The van der Waals surface area contributed by atoms with E-state index in [1.54, 1.807) is 0 Å². The summed E-state index contributed by atoms with van der Waals surface area (Å²) in [7, 11) is -3.92. The van der Waals surface area contributed by atoms with Crippen LogP contribution in [0.5, 0.6) is 5.75 Å². The van der Waals surface area contributed by atoms with Crippen molar-refractivity contribution in [3.8, 4) is 5.75 Å². The molecule has 1 aromatic rings. The van der Waals surface area contributed by atoms with Gasteiger partial charge in [0.1, 0.15) is 5.75 Å². The van der Waals surface area contributed by atoms with E-state index in [9.17, 15) is 23.1 Å². The van der Waals surface area contributed by atoms with Crippen molar-refractivity contribution < 1.29 is 27.9 Å². The minimum Gasteiger partial charge on any atom is -0.490 e. The zero-order valence-corrected chi connectivity index (χ0v) is 14.4. The molecule has 136 valence electrons. The number of aromatic carboxylic acids is 1. The van der Waals surface area contributed by atoms with E-state index in [1.807, 2.05) is 4.72 Å². The van der Waals surface area contributed by atoms with Crippen molar-refractivity contribution in [2.75, 3.05) is 13.1 Å². The van der Waals surface area contributed by atoms with Crippen molar-refractivity contribution in [3.63, 3.8) is 0 Å². The number of carbonyl (C=O) groups is 2. The van der Waals surface area contributed by atoms with Gasteiger partial charge in [-0.1, -0.05) is 0 Å². The molecule has 1 aliphatic heterocycles. The van der Waals surface area contributed by atoms with Crippen LogP contribution in [0.25, 0.3) is 0 Å². The van der Waals surface area contributed by atoms with E-state index in [2.05, 4.69) is 0 Å². The molecule has 1 saturated carbocycles. The van der Waals surface area contributed by atoms with Gasteiger partial charge in [-0.3, -0.25) is 4.79 Å². The van der Waals surface area contributed by atoms with Crippen molar-refractivity contribution in [3.05, 3.63) is 29.3 Å². The van der Waals surface area contributed by atoms with E-state index >= 15 is 0 Å². The molecule has 9 heteroatoms. The third-order valence-electron chi connectivity index (χ3n) is 4.40. The Balaban J connectivity index is 1.81. The van der Waals surface area contributed by atoms with Crippen LogP contribution in [0, 0.1) is 0 Å². The molecule has 1 amide bonds. The number of hydrogen-bond donors (Lipinski definition) is 2. The van der Waals surface area contributed by atoms with Crippen LogP contribution in [0.15, 0.2) is 18.2 Å². The highest BCUT2D eigenvalue weighted by molar-refractivity contribution is 7.87. The molecule has 8 nitrogen and oxygen atoms in total. The molecule has 0 aromatic heterocycles. The summed E-state index contributed by atoms with van der Waals surface area (Å²) < 4.78 is 33.3. The maximum Gasteiger partial charge on any atom is 0.335 e. The number of benzene rings is 1. The molecule has 0 spiro atoms. The van der Waals surface area contributed by atoms with Crippen LogP contribution in [0.2, 0.25) is 0 Å². The van der Waals surface area contributed by atoms with Gasteiger partial charge in [0.05, 0.1) is 11.7 Å². The fraction of sp³-hybridized carbons (Fsp3) is 0.500. The molecule has 1 aliphatic carbocycles. The molecule has 1 saturated heterocycles. The number of rotatable bonds is 6. The van der Waals surface area contributed by atoms with Crippen LogP contribution >= 0.6 is 0 Å². The van der Waals surface area contributed by atoms with Crippen molar-refractivity contribution in [1.82, 2.24) is 9.03 Å². The van der Waals surface area contributed by atoms with Gasteiger partial charge in [0.25, 0.3) is 5.91 Å². The van der Waals surface area contributed by atoms with Gasteiger partial charge in [-0.2, -0.15) is 12.7 Å². The van der Waals surface area contributed by atoms with Gasteiger partial charge in [0, 0.05) is 18.7 Å². The molecule has 0 bridgehead atoms. The van der Waals surface area contributed by atoms with Gasteiger partial charge in [-0.25, -0.2) is 9.52 Å². The second-order valence-corrected chi connectivity index (χ2v) is 7.94. The Kier molecular flexibility index (Phi) is 4.96. The second kappa shape index (κ2) is 7.01. The Bertz CT molecular complexity index is 782. The predicted octanol–water partition coefficient (Wildman–Crippen LogP) is 1.39. The Morgan fingerprint density at radius 1 is 1.08 bits per heavy atom. The van der Waals surface area contributed by atoms with Crippen LogP contribution in [0.3, 0.4) is 0 Å². The lowest BCUT2D eigenvalue weighted by Crippen LogP contribution is -2.42. The molecule has 25 heavy (non-hydrogen) atoms. The Morgan fingerprint density at radius 3 is 2.28 bits per heavy atom. The zero-order chi connectivity index (χ0) is 18.0. The average Bonchev–Trinajstić information content (AvgIpc) is 3.05. The molecular weight excluding hydrogens is 348 g/mol. The largest absolute Gasteiger partial charge is 0.490 e. The third kappa shape index (κ3) is 4.10. The summed E-state index contributed by atoms with van der Waals surface area (Å²) in [5.74, 6) is -1.82. The lowest BCUT2D eigenvalue weighted by Gasteiger charge is -2.26. The molecule has 2 N–H and O–H groups in total. The fourth-order valence-electron chi connectivity index (χ4n) is 2.77. The summed E-state index contributed by atoms with van der Waals surface area (Å²) in [6.45, 7) is 0.738. The lowest BCUT2D eigenvalue weighted by molar-refractivity contribution is 0.0694. The van der Waals surface area contributed by atoms with Gasteiger partial charge in [0.2, 0.25) is 0 Å². The normalized spacial score (nSPS) is 18.6. The topological polar surface area (TPSA) is 113 Å². The Morgan fingerprint density at radius 2 is 1.72 bits per heavy atom. The summed E-state index contributed by atoms with van der Waals surface area (Å²) in [4.78, 5) is 23.6. The highest BCUT2D eigenvalue weighted by Gasteiger charge is 2.28. The molecule has 0 atom stereocenters. The minimum absolute atomic E-state index is 0.00767. The van der Waals surface area contributed by atoms with Gasteiger partial charge in [-0.05, 0) is 50.3 Å². The molecule has 0 radical (unpaired) electrons. The summed E-state index contributed by atoms with van der Waals surface area (Å²) in [5.41, 5.74) is -0.183. The number of hydrogen-bond acceptors (Lipinski definition) is 5. The number of nitrogens with one attached hydrogen (secondary N) is 1. The molecule has 1 aromatic carbocycles. The summed E-state index contributed by atoms with van der Waals surface area (Å²) in [6.07, 6.45) is 4.31. The predicted molar refractivity (Wildman–Crippen MR) is 88.9 cm³/mol. The Labute approximate surface area is 146 Å². The van der Waals surface area contributed by atoms with E-state index in [0.717, 1.165) is 38.2 Å². The van der Waals surface area contributed by atoms with E-state index in [4.69, 9.17) is 4.74 Å². The maximum absolute atomic E-state index is 12.3. The molecular formula is C16H20N2O6S. The van der Waals surface area contributed by atoms with E-state index in [1.165, 1.54) is 16.4 Å². The number of nitrogens with zero attached hydrogens (tertiary/aromatic N) is 1. The zero-order valence-electron chi connectivity index (χ0n) is 13.6. The van der Waals surface area contributed by atoms with Gasteiger partial charge in [-0.15, -0.1) is 0 Å². The van der Waals surface area contributed by atoms with Gasteiger partial charge < -0.3 is 9.84 Å². The van der Waals surface area contributed by atoms with E-state index in [-0.39, 0.29) is 23.0 Å². The SMILES string of the molecule is O=C(O)c1cc(OC2CCC2)cc(C(=O)NS(=O)(=O)N2CCCC2)c1. The number of amides is 1. The summed E-state index contributed by atoms with van der Waals surface area (Å²) in [6, 6.07) is 3.86. The number of carboxylic acid groups (broad SMARTS) is 1. The Hall–Kier alpha value is -2.13. The van der Waals surface area contributed by atoms with Crippen molar-refractivity contribution in [2.24, 2.45) is 0 Å². The highest BCUT2D eigenvalue weighted by atomic mass is 32.2. The standard InChI is InChI=1S/C16H20N2O6S/c19-15(17-25(22,23)18-6-1-2-7-18)11-8-12(16(20)21)10-14(9-11)24-13-4-3-5-13/h8-10,13H,1-7H2,(H,17,19)(H,20,21). The molecule has 2 fully saturated rings. The lowest BCUT2D eigenvalue weighted by atomic mass is 9.96. The first-order chi connectivity index (χ1) is 11.8. The number of carboxylic acids is 1. The monoisotopic (exact) mass is 368 g/mol. The second-order valence-electron chi connectivity index (χ2n) is 6.26. The number of carbonyl (C=O) groups excluding carboxylic acids is 1. The molecule has 3 rings (SSSR count). The van der Waals surface area contributed by atoms with Gasteiger partial charge in [0.15, 0.2) is 0 Å². The maximum atomic E-state index is 12.3.